The van der Waals surface area contributed by atoms with Gasteiger partial charge in [0.25, 0.3) is 5.56 Å². The molecular formula is C21H28N4O3. The van der Waals surface area contributed by atoms with Crippen molar-refractivity contribution < 1.29 is 4.79 Å². The maximum absolute atomic E-state index is 12.7. The summed E-state index contributed by atoms with van der Waals surface area (Å²) in [7, 11) is 2.11. The van der Waals surface area contributed by atoms with Gasteiger partial charge in [-0.25, -0.2) is 4.79 Å². The molecule has 1 saturated heterocycles. The molecule has 28 heavy (non-hydrogen) atoms. The lowest BCUT2D eigenvalue weighted by atomic mass is 10.0. The van der Waals surface area contributed by atoms with Crippen LogP contribution >= 0.6 is 0 Å². The molecule has 1 fully saturated rings. The minimum atomic E-state index is -0.544. The smallest absolute Gasteiger partial charge is 0.328 e. The van der Waals surface area contributed by atoms with Gasteiger partial charge >= 0.3 is 5.69 Å². The van der Waals surface area contributed by atoms with E-state index in [0.717, 1.165) is 25.8 Å². The van der Waals surface area contributed by atoms with Crippen molar-refractivity contribution in [3.63, 3.8) is 0 Å². The largest absolute Gasteiger partial charge is 0.340 e. The van der Waals surface area contributed by atoms with Gasteiger partial charge in [0.05, 0.1) is 0 Å². The summed E-state index contributed by atoms with van der Waals surface area (Å²) < 4.78 is 1.28. The zero-order valence-corrected chi connectivity index (χ0v) is 16.6. The zero-order valence-electron chi connectivity index (χ0n) is 16.6. The van der Waals surface area contributed by atoms with Crippen LogP contribution in [0.5, 0.6) is 0 Å². The number of carbonyl (C=O) groups is 1. The molecule has 0 saturated carbocycles. The number of hydrogen-bond acceptors (Lipinski definition) is 4. The zero-order chi connectivity index (χ0) is 20.1. The van der Waals surface area contributed by atoms with Crippen LogP contribution in [-0.4, -0.2) is 58.0 Å². The first kappa shape index (κ1) is 20.1. The SMILES string of the molecule is Cc1cn(CC(=O)N2CCC[C@H](N(C)CCc3ccccc3)C2)c(=O)[nH]c1=O. The molecule has 0 unspecified atom stereocenters. The first-order valence-electron chi connectivity index (χ1n) is 9.76. The maximum Gasteiger partial charge on any atom is 0.328 e. The van der Waals surface area contributed by atoms with Gasteiger partial charge in [-0.15, -0.1) is 0 Å². The predicted molar refractivity (Wildman–Crippen MR) is 108 cm³/mol. The molecule has 7 nitrogen and oxygen atoms in total. The van der Waals surface area contributed by atoms with Gasteiger partial charge in [0.1, 0.15) is 6.54 Å². The van der Waals surface area contributed by atoms with Crippen molar-refractivity contribution in [3.8, 4) is 0 Å². The molecule has 1 atom stereocenters. The van der Waals surface area contributed by atoms with Crippen molar-refractivity contribution in [3.05, 3.63) is 68.5 Å². The van der Waals surface area contributed by atoms with Crippen molar-refractivity contribution >= 4 is 5.91 Å². The van der Waals surface area contributed by atoms with Crippen LogP contribution in [0.25, 0.3) is 0 Å². The molecule has 0 spiro atoms. The van der Waals surface area contributed by atoms with Gasteiger partial charge in [0.15, 0.2) is 0 Å². The molecular weight excluding hydrogens is 356 g/mol. The number of amides is 1. The van der Waals surface area contributed by atoms with E-state index in [1.54, 1.807) is 6.92 Å². The fourth-order valence-electron chi connectivity index (χ4n) is 3.66. The number of rotatable bonds is 6. The summed E-state index contributed by atoms with van der Waals surface area (Å²) >= 11 is 0. The van der Waals surface area contributed by atoms with Gasteiger partial charge in [-0.3, -0.25) is 19.1 Å². The Kier molecular flexibility index (Phi) is 6.46. The molecule has 7 heteroatoms. The van der Waals surface area contributed by atoms with E-state index in [1.165, 1.54) is 16.3 Å². The molecule has 3 rings (SSSR count). The molecule has 2 heterocycles. The Morgan fingerprint density at radius 2 is 2.00 bits per heavy atom. The van der Waals surface area contributed by atoms with Crippen molar-refractivity contribution in [1.82, 2.24) is 19.4 Å². The highest BCUT2D eigenvalue weighted by atomic mass is 16.2. The van der Waals surface area contributed by atoms with E-state index in [9.17, 15) is 14.4 Å². The monoisotopic (exact) mass is 384 g/mol. The molecule has 1 amide bonds. The Labute approximate surface area is 164 Å². The van der Waals surface area contributed by atoms with E-state index in [4.69, 9.17) is 0 Å². The molecule has 0 bridgehead atoms. The van der Waals surface area contributed by atoms with Crippen LogP contribution < -0.4 is 11.2 Å². The molecule has 2 aromatic rings. The average Bonchev–Trinajstić information content (AvgIpc) is 2.71. The predicted octanol–water partition coefficient (Wildman–Crippen LogP) is 1.01. The van der Waals surface area contributed by atoms with Gasteiger partial charge < -0.3 is 9.80 Å². The Bertz CT molecular complexity index is 919. The summed E-state index contributed by atoms with van der Waals surface area (Å²) in [5, 5.41) is 0. The quantitative estimate of drug-likeness (QED) is 0.806. The first-order valence-corrected chi connectivity index (χ1v) is 9.76. The lowest BCUT2D eigenvalue weighted by Gasteiger charge is -2.37. The molecule has 0 radical (unpaired) electrons. The third-order valence-electron chi connectivity index (χ3n) is 5.46. The van der Waals surface area contributed by atoms with Crippen LogP contribution in [0, 0.1) is 6.92 Å². The van der Waals surface area contributed by atoms with Gasteiger partial charge in [0.2, 0.25) is 5.91 Å². The number of likely N-dealkylation sites (tertiary alicyclic amines) is 1. The minimum Gasteiger partial charge on any atom is -0.340 e. The number of aromatic amines is 1. The normalized spacial score (nSPS) is 17.1. The lowest BCUT2D eigenvalue weighted by molar-refractivity contribution is -0.134. The number of aromatic nitrogens is 2. The number of nitrogens with zero attached hydrogens (tertiary/aromatic N) is 3. The number of hydrogen-bond donors (Lipinski definition) is 1. The van der Waals surface area contributed by atoms with Crippen LogP contribution in [0.2, 0.25) is 0 Å². The standard InChI is InChI=1S/C21H28N4O3/c1-16-13-25(21(28)22-20(16)27)15-19(26)24-11-6-9-18(14-24)23(2)12-10-17-7-4-3-5-8-17/h3-5,7-8,13,18H,6,9-12,14-15H2,1-2H3,(H,22,27,28)/t18-/m0/s1. The summed E-state index contributed by atoms with van der Waals surface area (Å²) in [6, 6.07) is 10.7. The van der Waals surface area contributed by atoms with Crippen molar-refractivity contribution in [1.29, 1.82) is 0 Å². The van der Waals surface area contributed by atoms with Crippen LogP contribution in [-0.2, 0) is 17.8 Å². The highest BCUT2D eigenvalue weighted by Gasteiger charge is 2.26. The molecule has 1 aromatic heterocycles. The first-order chi connectivity index (χ1) is 13.4. The molecule has 1 aliphatic rings. The molecule has 1 aromatic carbocycles. The molecule has 1 aliphatic heterocycles. The van der Waals surface area contributed by atoms with E-state index in [-0.39, 0.29) is 12.5 Å². The number of carbonyl (C=O) groups excluding carboxylic acids is 1. The van der Waals surface area contributed by atoms with E-state index < -0.39 is 11.2 Å². The van der Waals surface area contributed by atoms with Crippen molar-refractivity contribution in [2.24, 2.45) is 0 Å². The number of nitrogens with one attached hydrogen (secondary N) is 1. The lowest BCUT2D eigenvalue weighted by Crippen LogP contribution is -2.50. The van der Waals surface area contributed by atoms with Gasteiger partial charge in [-0.1, -0.05) is 30.3 Å². The van der Waals surface area contributed by atoms with Crippen molar-refractivity contribution in [2.45, 2.75) is 38.8 Å². The Morgan fingerprint density at radius 1 is 1.25 bits per heavy atom. The van der Waals surface area contributed by atoms with E-state index in [0.29, 0.717) is 24.7 Å². The van der Waals surface area contributed by atoms with E-state index in [2.05, 4.69) is 41.2 Å². The average molecular weight is 384 g/mol. The van der Waals surface area contributed by atoms with Crippen LogP contribution in [0.3, 0.4) is 0 Å². The molecule has 1 N–H and O–H groups in total. The summed E-state index contributed by atoms with van der Waals surface area (Å²) in [6.07, 6.45) is 4.44. The Hall–Kier alpha value is -2.67. The number of piperidine rings is 1. The highest BCUT2D eigenvalue weighted by Crippen LogP contribution is 2.16. The second kappa shape index (κ2) is 9.01. The molecule has 150 valence electrons. The third-order valence-corrected chi connectivity index (χ3v) is 5.46. The molecule has 0 aliphatic carbocycles. The fourth-order valence-corrected chi connectivity index (χ4v) is 3.66. The summed E-state index contributed by atoms with van der Waals surface area (Å²) in [4.78, 5) is 42.5. The second-order valence-electron chi connectivity index (χ2n) is 7.55. The Morgan fingerprint density at radius 3 is 2.75 bits per heavy atom. The number of benzene rings is 1. The topological polar surface area (TPSA) is 78.4 Å². The van der Waals surface area contributed by atoms with Crippen LogP contribution in [0.4, 0.5) is 0 Å². The van der Waals surface area contributed by atoms with Gasteiger partial charge in [-0.2, -0.15) is 0 Å². The summed E-state index contributed by atoms with van der Waals surface area (Å²) in [5.74, 6) is -0.0882. The third kappa shape index (κ3) is 4.98. The summed E-state index contributed by atoms with van der Waals surface area (Å²) in [6.45, 7) is 3.89. The second-order valence-corrected chi connectivity index (χ2v) is 7.55. The van der Waals surface area contributed by atoms with E-state index >= 15 is 0 Å². The minimum absolute atomic E-state index is 0.0447. The highest BCUT2D eigenvalue weighted by molar-refractivity contribution is 5.76. The number of H-pyrrole nitrogens is 1. The number of aryl methyl sites for hydroxylation is 1. The number of likely N-dealkylation sites (N-methyl/N-ethyl adjacent to an activating group) is 1. The fraction of sp³-hybridized carbons (Fsp3) is 0.476. The van der Waals surface area contributed by atoms with Crippen LogP contribution in [0.1, 0.15) is 24.0 Å². The van der Waals surface area contributed by atoms with E-state index in [1.807, 2.05) is 11.0 Å². The van der Waals surface area contributed by atoms with Gasteiger partial charge in [-0.05, 0) is 38.8 Å². The summed E-state index contributed by atoms with van der Waals surface area (Å²) in [5.41, 5.74) is 0.778. The van der Waals surface area contributed by atoms with Gasteiger partial charge in [0, 0.05) is 37.4 Å². The van der Waals surface area contributed by atoms with Crippen LogP contribution in [0.15, 0.2) is 46.1 Å². The Balaban J connectivity index is 1.58. The van der Waals surface area contributed by atoms with Crippen molar-refractivity contribution in [2.75, 3.05) is 26.7 Å². The maximum atomic E-state index is 12.7.